The third-order valence-electron chi connectivity index (χ3n) is 1.18. The molecule has 1 aromatic rings. The Morgan fingerprint density at radius 2 is 2.42 bits per heavy atom. The molecule has 0 saturated carbocycles. The molecular formula is C7H9NO4. The van der Waals surface area contributed by atoms with Crippen LogP contribution in [0.25, 0.3) is 0 Å². The Labute approximate surface area is 69.0 Å². The van der Waals surface area contributed by atoms with Crippen molar-refractivity contribution in [3.63, 3.8) is 0 Å². The maximum absolute atomic E-state index is 10.5. The van der Waals surface area contributed by atoms with Crippen molar-refractivity contribution in [3.05, 3.63) is 11.7 Å². The topological polar surface area (TPSA) is 72.6 Å². The number of hydrogen-bond acceptors (Lipinski definition) is 4. The Morgan fingerprint density at radius 3 is 2.92 bits per heavy atom. The number of nitrogens with zero attached hydrogens (tertiary/aromatic N) is 1. The molecule has 1 heterocycles. The Kier molecular flexibility index (Phi) is 2.32. The van der Waals surface area contributed by atoms with Crippen LogP contribution in [-0.4, -0.2) is 22.7 Å². The molecule has 0 aromatic carbocycles. The predicted molar refractivity (Wildman–Crippen MR) is 39.4 cm³/mol. The summed E-state index contributed by atoms with van der Waals surface area (Å²) in [5, 5.41) is 8.59. The predicted octanol–water partition coefficient (Wildman–Crippen LogP) is 1.08. The quantitative estimate of drug-likeness (QED) is 0.736. The van der Waals surface area contributed by atoms with Gasteiger partial charge in [0.2, 0.25) is 0 Å². The van der Waals surface area contributed by atoms with E-state index in [1.807, 2.05) is 0 Å². The minimum Gasteiger partial charge on any atom is -0.475 e. The van der Waals surface area contributed by atoms with Gasteiger partial charge in [-0.25, -0.2) is 4.79 Å². The van der Waals surface area contributed by atoms with E-state index < -0.39 is 5.97 Å². The number of carbonyl (C=O) groups is 1. The van der Waals surface area contributed by atoms with Crippen LogP contribution in [0.15, 0.2) is 4.42 Å². The van der Waals surface area contributed by atoms with Crippen molar-refractivity contribution in [2.75, 3.05) is 6.61 Å². The summed E-state index contributed by atoms with van der Waals surface area (Å²) in [7, 11) is 0. The molecule has 12 heavy (non-hydrogen) atoms. The summed E-state index contributed by atoms with van der Waals surface area (Å²) in [5.74, 6) is -1.08. The number of rotatable bonds is 3. The molecule has 0 bridgehead atoms. The Morgan fingerprint density at radius 1 is 1.75 bits per heavy atom. The van der Waals surface area contributed by atoms with Gasteiger partial charge in [0, 0.05) is 6.92 Å². The lowest BCUT2D eigenvalue weighted by Crippen LogP contribution is -2.00. The first-order valence-corrected chi connectivity index (χ1v) is 3.48. The van der Waals surface area contributed by atoms with E-state index in [2.05, 4.69) is 4.98 Å². The summed E-state index contributed by atoms with van der Waals surface area (Å²) < 4.78 is 9.73. The Balaban J connectivity index is 2.99. The molecule has 1 rings (SSSR count). The zero-order chi connectivity index (χ0) is 9.14. The maximum atomic E-state index is 10.5. The number of carboxylic acids is 1. The monoisotopic (exact) mass is 171 g/mol. The lowest BCUT2D eigenvalue weighted by Gasteiger charge is -1.95. The standard InChI is InChI=1S/C7H9NO4/c1-3-11-6-5(7(9)10)12-4(2)8-6/h3H2,1-2H3,(H,9,10). The third kappa shape index (κ3) is 1.55. The second-order valence-corrected chi connectivity index (χ2v) is 2.11. The first-order valence-electron chi connectivity index (χ1n) is 3.48. The molecule has 1 N–H and O–H groups in total. The van der Waals surface area contributed by atoms with Gasteiger partial charge in [-0.1, -0.05) is 0 Å². The highest BCUT2D eigenvalue weighted by molar-refractivity contribution is 5.86. The normalized spacial score (nSPS) is 9.83. The molecule has 5 heteroatoms. The van der Waals surface area contributed by atoms with Gasteiger partial charge in [0.15, 0.2) is 5.89 Å². The zero-order valence-corrected chi connectivity index (χ0v) is 6.83. The van der Waals surface area contributed by atoms with Gasteiger partial charge in [-0.3, -0.25) is 0 Å². The van der Waals surface area contributed by atoms with Crippen molar-refractivity contribution in [2.24, 2.45) is 0 Å². The molecule has 0 unspecified atom stereocenters. The second-order valence-electron chi connectivity index (χ2n) is 2.11. The average Bonchev–Trinajstić information content (AvgIpc) is 2.32. The van der Waals surface area contributed by atoms with Gasteiger partial charge in [-0.15, -0.1) is 0 Å². The van der Waals surface area contributed by atoms with Crippen molar-refractivity contribution in [3.8, 4) is 5.88 Å². The van der Waals surface area contributed by atoms with Crippen LogP contribution in [0.4, 0.5) is 0 Å². The number of oxazole rings is 1. The van der Waals surface area contributed by atoms with Crippen molar-refractivity contribution in [1.29, 1.82) is 0 Å². The fourth-order valence-electron chi connectivity index (χ4n) is 0.778. The molecule has 5 nitrogen and oxygen atoms in total. The molecule has 66 valence electrons. The number of aryl methyl sites for hydroxylation is 1. The molecule has 0 saturated heterocycles. The van der Waals surface area contributed by atoms with Crippen molar-refractivity contribution < 1.29 is 19.1 Å². The SMILES string of the molecule is CCOc1nc(C)oc1C(=O)O. The van der Waals surface area contributed by atoms with Crippen molar-refractivity contribution in [1.82, 2.24) is 4.98 Å². The Bertz CT molecular complexity index is 292. The smallest absolute Gasteiger partial charge is 0.377 e. The number of aromatic nitrogens is 1. The second kappa shape index (κ2) is 3.25. The number of ether oxygens (including phenoxy) is 1. The molecule has 0 aliphatic heterocycles. The third-order valence-corrected chi connectivity index (χ3v) is 1.18. The molecule has 0 amide bonds. The molecule has 0 fully saturated rings. The summed E-state index contributed by atoms with van der Waals surface area (Å²) >= 11 is 0. The molecule has 0 radical (unpaired) electrons. The molecule has 0 spiro atoms. The minimum atomic E-state index is -1.17. The molecule has 1 aromatic heterocycles. The van der Waals surface area contributed by atoms with Gasteiger partial charge in [-0.05, 0) is 6.92 Å². The maximum Gasteiger partial charge on any atom is 0.377 e. The van der Waals surface area contributed by atoms with E-state index in [4.69, 9.17) is 14.3 Å². The van der Waals surface area contributed by atoms with Crippen LogP contribution in [-0.2, 0) is 0 Å². The highest BCUT2D eigenvalue weighted by atomic mass is 16.5. The van der Waals surface area contributed by atoms with Crippen LogP contribution in [0.3, 0.4) is 0 Å². The zero-order valence-electron chi connectivity index (χ0n) is 6.83. The van der Waals surface area contributed by atoms with Gasteiger partial charge in [-0.2, -0.15) is 4.98 Å². The van der Waals surface area contributed by atoms with Crippen molar-refractivity contribution in [2.45, 2.75) is 13.8 Å². The Hall–Kier alpha value is -1.52. The largest absolute Gasteiger partial charge is 0.475 e. The van der Waals surface area contributed by atoms with Gasteiger partial charge < -0.3 is 14.3 Å². The molecule has 0 aliphatic rings. The van der Waals surface area contributed by atoms with E-state index in [9.17, 15) is 4.79 Å². The van der Waals surface area contributed by atoms with E-state index >= 15 is 0 Å². The average molecular weight is 171 g/mol. The van der Waals surface area contributed by atoms with E-state index in [0.717, 1.165) is 0 Å². The summed E-state index contributed by atoms with van der Waals surface area (Å²) in [4.78, 5) is 14.2. The first-order chi connectivity index (χ1) is 5.65. The lowest BCUT2D eigenvalue weighted by atomic mass is 10.5. The molecule has 0 atom stereocenters. The van der Waals surface area contributed by atoms with Crippen LogP contribution in [0.2, 0.25) is 0 Å². The number of hydrogen-bond donors (Lipinski definition) is 1. The van der Waals surface area contributed by atoms with Crippen LogP contribution >= 0.6 is 0 Å². The summed E-state index contributed by atoms with van der Waals surface area (Å²) in [5.41, 5.74) is 0. The van der Waals surface area contributed by atoms with E-state index in [1.54, 1.807) is 13.8 Å². The van der Waals surface area contributed by atoms with Crippen LogP contribution < -0.4 is 4.74 Å². The van der Waals surface area contributed by atoms with Crippen LogP contribution in [0.1, 0.15) is 23.4 Å². The fraction of sp³-hybridized carbons (Fsp3) is 0.429. The number of aromatic carboxylic acids is 1. The molecular weight excluding hydrogens is 162 g/mol. The molecule has 0 aliphatic carbocycles. The summed E-state index contributed by atoms with van der Waals surface area (Å²) in [6.07, 6.45) is 0. The van der Waals surface area contributed by atoms with E-state index in [0.29, 0.717) is 6.61 Å². The van der Waals surface area contributed by atoms with E-state index in [-0.39, 0.29) is 17.5 Å². The van der Waals surface area contributed by atoms with Gasteiger partial charge in [0.05, 0.1) is 6.61 Å². The van der Waals surface area contributed by atoms with Gasteiger partial charge in [0.25, 0.3) is 11.6 Å². The van der Waals surface area contributed by atoms with Crippen LogP contribution in [0.5, 0.6) is 5.88 Å². The van der Waals surface area contributed by atoms with Gasteiger partial charge >= 0.3 is 5.97 Å². The highest BCUT2D eigenvalue weighted by Crippen LogP contribution is 2.18. The lowest BCUT2D eigenvalue weighted by molar-refractivity contribution is 0.0655. The number of carboxylic acid groups (broad SMARTS) is 1. The summed E-state index contributed by atoms with van der Waals surface area (Å²) in [6.45, 7) is 3.68. The minimum absolute atomic E-state index is 0.0440. The summed E-state index contributed by atoms with van der Waals surface area (Å²) in [6, 6.07) is 0. The van der Waals surface area contributed by atoms with Gasteiger partial charge in [0.1, 0.15) is 0 Å². The fourth-order valence-corrected chi connectivity index (χ4v) is 0.778. The van der Waals surface area contributed by atoms with Crippen LogP contribution in [0, 0.1) is 6.92 Å². The van der Waals surface area contributed by atoms with Crippen molar-refractivity contribution >= 4 is 5.97 Å². The highest BCUT2D eigenvalue weighted by Gasteiger charge is 2.18. The first kappa shape index (κ1) is 8.58. The van der Waals surface area contributed by atoms with E-state index in [1.165, 1.54) is 0 Å².